The molecule has 10 rings (SSSR count). The minimum absolute atomic E-state index is 0.963. The van der Waals surface area contributed by atoms with E-state index in [1.54, 1.807) is 116 Å². The molecule has 0 aromatic heterocycles. The molecular formula is C42H67NS2. The Morgan fingerprint density at radius 1 is 0.356 bits per heavy atom. The van der Waals surface area contributed by atoms with E-state index in [1.807, 2.05) is 0 Å². The Labute approximate surface area is 286 Å². The molecule has 0 radical (unpaired) electrons. The van der Waals surface area contributed by atoms with Crippen LogP contribution >= 0.6 is 23.5 Å². The van der Waals surface area contributed by atoms with Crippen molar-refractivity contribution in [2.75, 3.05) is 0 Å². The van der Waals surface area contributed by atoms with E-state index in [4.69, 9.17) is 0 Å². The minimum atomic E-state index is 0.963. The third-order valence-corrected chi connectivity index (χ3v) is 21.3. The van der Waals surface area contributed by atoms with Gasteiger partial charge in [-0.3, -0.25) is 4.90 Å². The predicted molar refractivity (Wildman–Crippen MR) is 194 cm³/mol. The molecule has 7 saturated carbocycles. The molecule has 0 N–H and O–H groups in total. The number of likely N-dealkylation sites (tertiary alicyclic amines) is 1. The van der Waals surface area contributed by atoms with Gasteiger partial charge in [-0.05, 0) is 168 Å². The second kappa shape index (κ2) is 12.8. The molecule has 3 saturated heterocycles. The second-order valence-corrected chi connectivity index (χ2v) is 21.9. The van der Waals surface area contributed by atoms with Gasteiger partial charge >= 0.3 is 0 Å². The fourth-order valence-corrected chi connectivity index (χ4v) is 20.6. The largest absolute Gasteiger partial charge is 0.294 e. The van der Waals surface area contributed by atoms with Gasteiger partial charge in [0, 0.05) is 39.1 Å². The van der Waals surface area contributed by atoms with Crippen LogP contribution in [0.5, 0.6) is 0 Å². The van der Waals surface area contributed by atoms with Crippen LogP contribution < -0.4 is 0 Å². The molecule has 10 aliphatic rings. The van der Waals surface area contributed by atoms with Gasteiger partial charge in [0.1, 0.15) is 0 Å². The van der Waals surface area contributed by atoms with Crippen molar-refractivity contribution in [2.45, 2.75) is 200 Å². The van der Waals surface area contributed by atoms with Crippen LogP contribution in [0.3, 0.4) is 0 Å². The average Bonchev–Trinajstić information content (AvgIpc) is 3.78. The number of hydrogen-bond donors (Lipinski definition) is 0. The second-order valence-electron chi connectivity index (χ2n) is 19.0. The van der Waals surface area contributed by atoms with E-state index in [0.717, 1.165) is 98.3 Å². The maximum atomic E-state index is 3.25. The van der Waals surface area contributed by atoms with Crippen LogP contribution in [-0.4, -0.2) is 44.0 Å². The topological polar surface area (TPSA) is 3.24 Å². The normalized spacial score (nSPS) is 55.2. The highest BCUT2D eigenvalue weighted by Gasteiger charge is 2.60. The Hall–Kier alpha value is 0.660. The summed E-state index contributed by atoms with van der Waals surface area (Å²) in [5.74, 6) is 10.9. The number of thioether (sulfide) groups is 2. The number of fused-ring (bicyclic) bond motifs is 10. The fourth-order valence-electron chi connectivity index (χ4n) is 15.8. The molecule has 0 aromatic rings. The summed E-state index contributed by atoms with van der Waals surface area (Å²) in [5, 5.41) is 4.23. The SMILES string of the molecule is C1CCC(N2C3CCCCC3C3CC(C4CCC(C5CCCC6C7CCC8SC9CCCCC9C8C7SC56)CC4)CCC32)CC1. The predicted octanol–water partition coefficient (Wildman–Crippen LogP) is 11.4. The highest BCUT2D eigenvalue weighted by molar-refractivity contribution is 8.02. The van der Waals surface area contributed by atoms with Crippen LogP contribution in [-0.2, 0) is 0 Å². The van der Waals surface area contributed by atoms with E-state index in [-0.39, 0.29) is 0 Å². The summed E-state index contributed by atoms with van der Waals surface area (Å²) >= 11 is 5.16. The van der Waals surface area contributed by atoms with Gasteiger partial charge in [-0.25, -0.2) is 0 Å². The summed E-state index contributed by atoms with van der Waals surface area (Å²) in [6, 6.07) is 2.93. The van der Waals surface area contributed by atoms with Crippen LogP contribution in [0, 0.1) is 59.2 Å². The van der Waals surface area contributed by atoms with Crippen molar-refractivity contribution in [1.29, 1.82) is 0 Å². The first-order valence-corrected chi connectivity index (χ1v) is 23.3. The molecule has 3 heterocycles. The van der Waals surface area contributed by atoms with Gasteiger partial charge in [-0.2, -0.15) is 23.5 Å². The summed E-state index contributed by atoms with van der Waals surface area (Å²) < 4.78 is 0. The zero-order valence-electron chi connectivity index (χ0n) is 28.8. The zero-order chi connectivity index (χ0) is 29.5. The van der Waals surface area contributed by atoms with Crippen molar-refractivity contribution in [3.8, 4) is 0 Å². The number of nitrogens with zero attached hydrogens (tertiary/aromatic N) is 1. The molecule has 10 fully saturated rings. The van der Waals surface area contributed by atoms with Crippen LogP contribution in [0.1, 0.15) is 161 Å². The molecule has 0 amide bonds. The van der Waals surface area contributed by atoms with Crippen molar-refractivity contribution in [3.05, 3.63) is 0 Å². The van der Waals surface area contributed by atoms with Gasteiger partial charge in [0.05, 0.1) is 0 Å². The molecule has 7 aliphatic carbocycles. The Balaban J connectivity index is 0.790. The molecule has 45 heavy (non-hydrogen) atoms. The smallest absolute Gasteiger partial charge is 0.0133 e. The van der Waals surface area contributed by atoms with E-state index < -0.39 is 0 Å². The first-order valence-electron chi connectivity index (χ1n) is 21.4. The van der Waals surface area contributed by atoms with Crippen molar-refractivity contribution < 1.29 is 0 Å². The van der Waals surface area contributed by atoms with Crippen molar-refractivity contribution in [3.63, 3.8) is 0 Å². The molecule has 3 aliphatic heterocycles. The lowest BCUT2D eigenvalue weighted by Crippen LogP contribution is -2.48. The highest BCUT2D eigenvalue weighted by atomic mass is 32.2. The van der Waals surface area contributed by atoms with Crippen molar-refractivity contribution >= 4 is 23.5 Å². The van der Waals surface area contributed by atoms with Crippen molar-refractivity contribution in [2.24, 2.45) is 59.2 Å². The van der Waals surface area contributed by atoms with Crippen LogP contribution in [0.2, 0.25) is 0 Å². The highest BCUT2D eigenvalue weighted by Crippen LogP contribution is 2.66. The lowest BCUT2D eigenvalue weighted by molar-refractivity contribution is 0.0438. The quantitative estimate of drug-likeness (QED) is 0.299. The first-order chi connectivity index (χ1) is 22.3. The summed E-state index contributed by atoms with van der Waals surface area (Å²) in [6.45, 7) is 0. The summed E-state index contributed by atoms with van der Waals surface area (Å²) in [4.78, 5) is 3.25. The molecule has 14 atom stereocenters. The van der Waals surface area contributed by atoms with Gasteiger partial charge in [0.15, 0.2) is 0 Å². The average molecular weight is 650 g/mol. The monoisotopic (exact) mass is 649 g/mol. The minimum Gasteiger partial charge on any atom is -0.294 e. The first kappa shape index (κ1) is 30.5. The number of rotatable bonds is 3. The summed E-state index contributed by atoms with van der Waals surface area (Å²) in [5.41, 5.74) is 0. The molecule has 0 bridgehead atoms. The van der Waals surface area contributed by atoms with Gasteiger partial charge in [0.2, 0.25) is 0 Å². The van der Waals surface area contributed by atoms with E-state index in [9.17, 15) is 0 Å². The molecule has 0 aromatic carbocycles. The van der Waals surface area contributed by atoms with Gasteiger partial charge in [-0.15, -0.1) is 0 Å². The third-order valence-electron chi connectivity index (χ3n) is 17.5. The van der Waals surface area contributed by atoms with E-state index >= 15 is 0 Å². The molecule has 14 unspecified atom stereocenters. The fraction of sp³-hybridized carbons (Fsp3) is 1.00. The number of hydrogen-bond acceptors (Lipinski definition) is 3. The third kappa shape index (κ3) is 5.23. The standard InChI is InChI=1S/C42H67NS2/c1-2-9-29(10-3-1)43-36-15-6-4-11-31(36)35-25-28(21-23-37(35)43)26-17-19-27(20-18-26)30-13-8-14-32-33-22-24-39-40(42(33)45-41(30)32)34-12-5-7-16-38(34)44-39/h26-42H,1-25H2. The van der Waals surface area contributed by atoms with Crippen LogP contribution in [0.25, 0.3) is 0 Å². The Morgan fingerprint density at radius 3 is 1.91 bits per heavy atom. The molecule has 1 nitrogen and oxygen atoms in total. The summed E-state index contributed by atoms with van der Waals surface area (Å²) in [7, 11) is 0. The lowest BCUT2D eigenvalue weighted by atomic mass is 9.60. The van der Waals surface area contributed by atoms with Gasteiger partial charge < -0.3 is 0 Å². The van der Waals surface area contributed by atoms with Gasteiger partial charge in [-0.1, -0.05) is 51.4 Å². The Morgan fingerprint density at radius 2 is 1.02 bits per heavy atom. The molecule has 0 spiro atoms. The summed E-state index contributed by atoms with van der Waals surface area (Å²) in [6.07, 6.45) is 39.3. The zero-order valence-corrected chi connectivity index (χ0v) is 30.4. The lowest BCUT2D eigenvalue weighted by Gasteiger charge is -2.46. The van der Waals surface area contributed by atoms with Gasteiger partial charge in [0.25, 0.3) is 0 Å². The van der Waals surface area contributed by atoms with E-state index in [1.165, 1.54) is 44.9 Å². The Bertz CT molecular complexity index is 1030. The molecular weight excluding hydrogens is 583 g/mol. The van der Waals surface area contributed by atoms with E-state index in [0.29, 0.717) is 0 Å². The van der Waals surface area contributed by atoms with E-state index in [2.05, 4.69) is 28.4 Å². The molecule has 3 heteroatoms. The maximum absolute atomic E-state index is 3.25. The van der Waals surface area contributed by atoms with Crippen molar-refractivity contribution in [1.82, 2.24) is 4.90 Å². The molecule has 252 valence electrons. The maximum Gasteiger partial charge on any atom is 0.0133 e. The van der Waals surface area contributed by atoms with Crippen LogP contribution in [0.15, 0.2) is 0 Å². The Kier molecular flexibility index (Phi) is 8.65. The van der Waals surface area contributed by atoms with Crippen LogP contribution in [0.4, 0.5) is 0 Å².